The van der Waals surface area contributed by atoms with E-state index in [4.69, 9.17) is 9.84 Å². The van der Waals surface area contributed by atoms with Crippen molar-refractivity contribution < 1.29 is 14.6 Å². The summed E-state index contributed by atoms with van der Waals surface area (Å²) < 4.78 is 5.40. The van der Waals surface area contributed by atoms with Crippen molar-refractivity contribution in [2.24, 2.45) is 17.8 Å². The summed E-state index contributed by atoms with van der Waals surface area (Å²) in [4.78, 5) is 10.9. The van der Waals surface area contributed by atoms with E-state index < -0.39 is 5.97 Å². The Kier molecular flexibility index (Phi) is 3.29. The Labute approximate surface area is 90.8 Å². The Morgan fingerprint density at radius 3 is 2.47 bits per heavy atom. The smallest absolute Gasteiger partial charge is 0.306 e. The van der Waals surface area contributed by atoms with Crippen LogP contribution in [0.3, 0.4) is 0 Å². The van der Waals surface area contributed by atoms with E-state index in [1.165, 1.54) is 0 Å². The molecule has 2 aliphatic carbocycles. The minimum atomic E-state index is -0.595. The van der Waals surface area contributed by atoms with Gasteiger partial charge in [0.25, 0.3) is 0 Å². The molecule has 0 aliphatic heterocycles. The number of hydrogen-bond donors (Lipinski definition) is 1. The van der Waals surface area contributed by atoms with Gasteiger partial charge in [-0.25, -0.2) is 0 Å². The molecule has 0 saturated heterocycles. The first-order chi connectivity index (χ1) is 7.20. The molecule has 1 N–H and O–H groups in total. The average Bonchev–Trinajstić information content (AvgIpc) is 2.27. The van der Waals surface area contributed by atoms with Crippen LogP contribution in [-0.4, -0.2) is 24.3 Å². The summed E-state index contributed by atoms with van der Waals surface area (Å²) >= 11 is 0. The van der Waals surface area contributed by atoms with Crippen LogP contribution in [0.4, 0.5) is 0 Å². The van der Waals surface area contributed by atoms with Gasteiger partial charge in [-0.1, -0.05) is 0 Å². The number of hydrogen-bond acceptors (Lipinski definition) is 2. The Balaban J connectivity index is 1.91. The highest BCUT2D eigenvalue weighted by Crippen LogP contribution is 2.43. The van der Waals surface area contributed by atoms with Crippen molar-refractivity contribution in [1.82, 2.24) is 0 Å². The SMILES string of the molecule is COC1CCC2CC(C(=O)O)CCC2C1. The summed E-state index contributed by atoms with van der Waals surface area (Å²) in [6.45, 7) is 0. The molecule has 0 heterocycles. The molecule has 3 nitrogen and oxygen atoms in total. The minimum Gasteiger partial charge on any atom is -0.481 e. The van der Waals surface area contributed by atoms with E-state index in [1.54, 1.807) is 7.11 Å². The molecule has 2 rings (SSSR count). The highest BCUT2D eigenvalue weighted by molar-refractivity contribution is 5.70. The topological polar surface area (TPSA) is 46.5 Å². The summed E-state index contributed by atoms with van der Waals surface area (Å²) in [6.07, 6.45) is 6.70. The van der Waals surface area contributed by atoms with Crippen molar-refractivity contribution in [3.8, 4) is 0 Å². The highest BCUT2D eigenvalue weighted by atomic mass is 16.5. The Hall–Kier alpha value is -0.570. The van der Waals surface area contributed by atoms with Crippen LogP contribution in [0.2, 0.25) is 0 Å². The number of ether oxygens (including phenoxy) is 1. The third kappa shape index (κ3) is 2.33. The quantitative estimate of drug-likeness (QED) is 0.764. The van der Waals surface area contributed by atoms with E-state index in [-0.39, 0.29) is 5.92 Å². The number of carbonyl (C=O) groups is 1. The van der Waals surface area contributed by atoms with Gasteiger partial charge in [-0.15, -0.1) is 0 Å². The lowest BCUT2D eigenvalue weighted by atomic mass is 9.67. The van der Waals surface area contributed by atoms with Gasteiger partial charge < -0.3 is 9.84 Å². The van der Waals surface area contributed by atoms with Gasteiger partial charge in [0.1, 0.15) is 0 Å². The number of aliphatic carboxylic acids is 1. The Morgan fingerprint density at radius 2 is 1.80 bits per heavy atom. The third-order valence-electron chi connectivity index (χ3n) is 4.25. The average molecular weight is 212 g/mol. The van der Waals surface area contributed by atoms with Crippen LogP contribution in [0.15, 0.2) is 0 Å². The van der Waals surface area contributed by atoms with Gasteiger partial charge in [-0.3, -0.25) is 4.79 Å². The summed E-state index contributed by atoms with van der Waals surface area (Å²) in [6, 6.07) is 0. The molecule has 0 aromatic heterocycles. The van der Waals surface area contributed by atoms with Crippen molar-refractivity contribution in [1.29, 1.82) is 0 Å². The van der Waals surface area contributed by atoms with Gasteiger partial charge >= 0.3 is 5.97 Å². The van der Waals surface area contributed by atoms with Crippen molar-refractivity contribution in [3.63, 3.8) is 0 Å². The predicted octanol–water partition coefficient (Wildman–Crippen LogP) is 2.30. The van der Waals surface area contributed by atoms with Crippen LogP contribution in [0.5, 0.6) is 0 Å². The van der Waals surface area contributed by atoms with Crippen LogP contribution in [0.1, 0.15) is 38.5 Å². The Morgan fingerprint density at radius 1 is 1.13 bits per heavy atom. The summed E-state index contributed by atoms with van der Waals surface area (Å²) in [5.41, 5.74) is 0. The van der Waals surface area contributed by atoms with Crippen molar-refractivity contribution in [2.45, 2.75) is 44.6 Å². The molecule has 15 heavy (non-hydrogen) atoms. The molecule has 2 fully saturated rings. The van der Waals surface area contributed by atoms with E-state index >= 15 is 0 Å². The van der Waals surface area contributed by atoms with Crippen LogP contribution in [0, 0.1) is 17.8 Å². The standard InChI is InChI=1S/C12H20O3/c1-15-11-5-4-8-6-10(12(13)14)3-2-9(8)7-11/h8-11H,2-7H2,1H3,(H,13,14). The maximum atomic E-state index is 10.9. The van der Waals surface area contributed by atoms with Crippen molar-refractivity contribution in [3.05, 3.63) is 0 Å². The fourth-order valence-electron chi connectivity index (χ4n) is 3.28. The van der Waals surface area contributed by atoms with Crippen molar-refractivity contribution in [2.75, 3.05) is 7.11 Å². The van der Waals surface area contributed by atoms with Gasteiger partial charge in [0.2, 0.25) is 0 Å². The molecule has 4 unspecified atom stereocenters. The molecular formula is C12H20O3. The molecule has 4 atom stereocenters. The van der Waals surface area contributed by atoms with Gasteiger partial charge in [0.05, 0.1) is 12.0 Å². The number of fused-ring (bicyclic) bond motifs is 1. The fraction of sp³-hybridized carbons (Fsp3) is 0.917. The molecule has 0 bridgehead atoms. The molecule has 0 spiro atoms. The van der Waals surface area contributed by atoms with E-state index in [0.29, 0.717) is 12.0 Å². The molecule has 0 amide bonds. The first kappa shape index (κ1) is 10.9. The number of rotatable bonds is 2. The van der Waals surface area contributed by atoms with Crippen molar-refractivity contribution >= 4 is 5.97 Å². The monoisotopic (exact) mass is 212 g/mol. The zero-order valence-electron chi connectivity index (χ0n) is 9.32. The predicted molar refractivity (Wildman–Crippen MR) is 56.6 cm³/mol. The van der Waals surface area contributed by atoms with E-state index in [9.17, 15) is 4.79 Å². The van der Waals surface area contributed by atoms with E-state index in [2.05, 4.69) is 0 Å². The van der Waals surface area contributed by atoms with Crippen LogP contribution in [0.25, 0.3) is 0 Å². The number of carboxylic acids is 1. The molecule has 0 aromatic rings. The lowest BCUT2D eigenvalue weighted by Crippen LogP contribution is -2.35. The van der Waals surface area contributed by atoms with Gasteiger partial charge in [-0.2, -0.15) is 0 Å². The molecule has 2 saturated carbocycles. The van der Waals surface area contributed by atoms with Gasteiger partial charge in [0.15, 0.2) is 0 Å². The highest BCUT2D eigenvalue weighted by Gasteiger charge is 2.37. The maximum Gasteiger partial charge on any atom is 0.306 e. The van der Waals surface area contributed by atoms with Gasteiger partial charge in [-0.05, 0) is 50.4 Å². The van der Waals surface area contributed by atoms with Crippen LogP contribution < -0.4 is 0 Å². The second kappa shape index (κ2) is 4.52. The van der Waals surface area contributed by atoms with E-state index in [0.717, 1.165) is 44.4 Å². The molecule has 3 heteroatoms. The second-order valence-electron chi connectivity index (χ2n) is 5.04. The van der Waals surface area contributed by atoms with Gasteiger partial charge in [0, 0.05) is 7.11 Å². The minimum absolute atomic E-state index is 0.0784. The lowest BCUT2D eigenvalue weighted by molar-refractivity contribution is -0.144. The normalized spacial score (nSPS) is 40.9. The molecule has 0 radical (unpaired) electrons. The van der Waals surface area contributed by atoms with E-state index in [1.807, 2.05) is 0 Å². The first-order valence-corrected chi connectivity index (χ1v) is 5.96. The fourth-order valence-corrected chi connectivity index (χ4v) is 3.28. The second-order valence-corrected chi connectivity index (χ2v) is 5.04. The van der Waals surface area contributed by atoms with Crippen LogP contribution >= 0.6 is 0 Å². The Bertz CT molecular complexity index is 239. The third-order valence-corrected chi connectivity index (χ3v) is 4.25. The number of methoxy groups -OCH3 is 1. The lowest BCUT2D eigenvalue weighted by Gasteiger charge is -2.40. The molecule has 86 valence electrons. The maximum absolute atomic E-state index is 10.9. The zero-order valence-corrected chi connectivity index (χ0v) is 9.32. The first-order valence-electron chi connectivity index (χ1n) is 5.96. The summed E-state index contributed by atoms with van der Waals surface area (Å²) in [5.74, 6) is 0.693. The largest absolute Gasteiger partial charge is 0.481 e. The summed E-state index contributed by atoms with van der Waals surface area (Å²) in [5, 5.41) is 9.00. The summed E-state index contributed by atoms with van der Waals surface area (Å²) in [7, 11) is 1.79. The molecule has 0 aromatic carbocycles. The molecule has 2 aliphatic rings. The van der Waals surface area contributed by atoms with Crippen LogP contribution in [-0.2, 0) is 9.53 Å². The zero-order chi connectivity index (χ0) is 10.8. The number of carboxylic acid groups (broad SMARTS) is 1. The molecular weight excluding hydrogens is 192 g/mol.